The lowest BCUT2D eigenvalue weighted by Gasteiger charge is -2.08. The second kappa shape index (κ2) is 5.07. The van der Waals surface area contributed by atoms with Gasteiger partial charge in [-0.2, -0.15) is 0 Å². The Kier molecular flexibility index (Phi) is 3.51. The summed E-state index contributed by atoms with van der Waals surface area (Å²) in [6.45, 7) is 3.02. The molecule has 0 amide bonds. The third-order valence-corrected chi connectivity index (χ3v) is 3.11. The molecule has 1 heterocycles. The van der Waals surface area contributed by atoms with E-state index in [4.69, 9.17) is 0 Å². The van der Waals surface area contributed by atoms with Crippen LogP contribution in [0.15, 0.2) is 41.6 Å². The zero-order valence-corrected chi connectivity index (χ0v) is 10.3. The normalized spacial score (nSPS) is 10.4. The van der Waals surface area contributed by atoms with Crippen molar-refractivity contribution in [2.75, 3.05) is 11.6 Å². The molecule has 84 valence electrons. The minimum absolute atomic E-state index is 0.890. The predicted octanol–water partition coefficient (Wildman–Crippen LogP) is 3.37. The van der Waals surface area contributed by atoms with Crippen LogP contribution in [0.2, 0.25) is 0 Å². The number of thioether (sulfide) groups is 1. The lowest BCUT2D eigenvalue weighted by atomic mass is 10.3. The maximum atomic E-state index is 4.28. The Labute approximate surface area is 99.9 Å². The van der Waals surface area contributed by atoms with Crippen molar-refractivity contribution in [3.05, 3.63) is 36.7 Å². The molecule has 0 fully saturated rings. The van der Waals surface area contributed by atoms with Gasteiger partial charge < -0.3 is 9.88 Å². The molecule has 1 N–H and O–H groups in total. The first kappa shape index (κ1) is 11.1. The Bertz CT molecular complexity index is 465. The van der Waals surface area contributed by atoms with Crippen LogP contribution in [0, 0.1) is 0 Å². The van der Waals surface area contributed by atoms with E-state index in [9.17, 15) is 0 Å². The highest BCUT2D eigenvalue weighted by atomic mass is 32.2. The van der Waals surface area contributed by atoms with Gasteiger partial charge in [0.05, 0.1) is 0 Å². The summed E-state index contributed by atoms with van der Waals surface area (Å²) in [6, 6.07) is 8.32. The van der Waals surface area contributed by atoms with Crippen LogP contribution >= 0.6 is 11.8 Å². The number of nitrogens with zero attached hydrogens (tertiary/aromatic N) is 2. The summed E-state index contributed by atoms with van der Waals surface area (Å²) in [4.78, 5) is 5.53. The van der Waals surface area contributed by atoms with Crippen molar-refractivity contribution >= 4 is 23.4 Å². The molecule has 0 aliphatic heterocycles. The van der Waals surface area contributed by atoms with Crippen LogP contribution in [-0.4, -0.2) is 15.8 Å². The Balaban J connectivity index is 2.20. The van der Waals surface area contributed by atoms with Crippen molar-refractivity contribution in [3.8, 4) is 0 Å². The van der Waals surface area contributed by atoms with Crippen molar-refractivity contribution in [3.63, 3.8) is 0 Å². The molecule has 2 aromatic rings. The third-order valence-electron chi connectivity index (χ3n) is 2.38. The van der Waals surface area contributed by atoms with Gasteiger partial charge in [0, 0.05) is 29.5 Å². The molecular formula is C12H15N3S. The summed E-state index contributed by atoms with van der Waals surface area (Å²) in [5.41, 5.74) is 1.08. The first-order valence-electron chi connectivity index (χ1n) is 5.25. The van der Waals surface area contributed by atoms with Crippen molar-refractivity contribution in [1.29, 1.82) is 0 Å². The summed E-state index contributed by atoms with van der Waals surface area (Å²) in [5, 5.41) is 3.32. The summed E-state index contributed by atoms with van der Waals surface area (Å²) in [5.74, 6) is 0.890. The minimum Gasteiger partial charge on any atom is -0.326 e. The smallest absolute Gasteiger partial charge is 0.207 e. The van der Waals surface area contributed by atoms with Gasteiger partial charge in [-0.3, -0.25) is 0 Å². The monoisotopic (exact) mass is 233 g/mol. The number of anilines is 2. The van der Waals surface area contributed by atoms with E-state index in [-0.39, 0.29) is 0 Å². The summed E-state index contributed by atoms with van der Waals surface area (Å²) >= 11 is 1.74. The van der Waals surface area contributed by atoms with Crippen molar-refractivity contribution in [2.24, 2.45) is 0 Å². The van der Waals surface area contributed by atoms with Gasteiger partial charge in [-0.1, -0.05) is 6.07 Å². The standard InChI is InChI=1S/C12H15N3S/c1-3-15-8-7-13-12(15)14-10-5-4-6-11(9-10)16-2/h4-9H,3H2,1-2H3,(H,13,14). The molecule has 1 aromatic heterocycles. The summed E-state index contributed by atoms with van der Waals surface area (Å²) in [7, 11) is 0. The molecule has 0 radical (unpaired) electrons. The van der Waals surface area contributed by atoms with Gasteiger partial charge >= 0.3 is 0 Å². The molecule has 0 saturated heterocycles. The molecule has 0 bridgehead atoms. The average molecular weight is 233 g/mol. The maximum Gasteiger partial charge on any atom is 0.207 e. The molecule has 2 rings (SSSR count). The third kappa shape index (κ3) is 2.39. The largest absolute Gasteiger partial charge is 0.326 e. The zero-order chi connectivity index (χ0) is 11.4. The fourth-order valence-corrected chi connectivity index (χ4v) is 1.98. The molecule has 16 heavy (non-hydrogen) atoms. The Morgan fingerprint density at radius 1 is 1.44 bits per heavy atom. The topological polar surface area (TPSA) is 29.9 Å². The van der Waals surface area contributed by atoms with E-state index in [1.807, 2.05) is 18.5 Å². The number of aromatic nitrogens is 2. The Morgan fingerprint density at radius 3 is 3.06 bits per heavy atom. The lowest BCUT2D eigenvalue weighted by molar-refractivity contribution is 0.772. The van der Waals surface area contributed by atoms with E-state index >= 15 is 0 Å². The molecule has 1 aromatic carbocycles. The van der Waals surface area contributed by atoms with Crippen LogP contribution in [0.25, 0.3) is 0 Å². The predicted molar refractivity (Wildman–Crippen MR) is 69.4 cm³/mol. The zero-order valence-electron chi connectivity index (χ0n) is 9.47. The number of aryl methyl sites for hydroxylation is 1. The van der Waals surface area contributed by atoms with Gasteiger partial charge in [0.2, 0.25) is 5.95 Å². The summed E-state index contributed by atoms with van der Waals surface area (Å²) < 4.78 is 2.08. The fraction of sp³-hybridized carbons (Fsp3) is 0.250. The Morgan fingerprint density at radius 2 is 2.31 bits per heavy atom. The molecule has 0 aliphatic rings. The number of hydrogen-bond donors (Lipinski definition) is 1. The second-order valence-corrected chi connectivity index (χ2v) is 4.27. The van der Waals surface area contributed by atoms with E-state index < -0.39 is 0 Å². The molecule has 0 unspecified atom stereocenters. The van der Waals surface area contributed by atoms with Gasteiger partial charge in [0.15, 0.2) is 0 Å². The van der Waals surface area contributed by atoms with Gasteiger partial charge in [0.1, 0.15) is 0 Å². The Hall–Kier alpha value is -1.42. The van der Waals surface area contributed by atoms with Crippen LogP contribution in [0.3, 0.4) is 0 Å². The minimum atomic E-state index is 0.890. The van der Waals surface area contributed by atoms with E-state index in [1.165, 1.54) is 4.90 Å². The number of hydrogen-bond acceptors (Lipinski definition) is 3. The van der Waals surface area contributed by atoms with Crippen LogP contribution in [0.4, 0.5) is 11.6 Å². The van der Waals surface area contributed by atoms with E-state index in [1.54, 1.807) is 11.8 Å². The van der Waals surface area contributed by atoms with Crippen molar-refractivity contribution in [1.82, 2.24) is 9.55 Å². The number of benzene rings is 1. The summed E-state index contributed by atoms with van der Waals surface area (Å²) in [6.07, 6.45) is 5.86. The van der Waals surface area contributed by atoms with Gasteiger partial charge in [0.25, 0.3) is 0 Å². The molecule has 4 heteroatoms. The number of imidazole rings is 1. The van der Waals surface area contributed by atoms with Gasteiger partial charge in [-0.25, -0.2) is 4.98 Å². The molecule has 0 aliphatic carbocycles. The van der Waals surface area contributed by atoms with Crippen LogP contribution < -0.4 is 5.32 Å². The lowest BCUT2D eigenvalue weighted by Crippen LogP contribution is -2.01. The van der Waals surface area contributed by atoms with Crippen LogP contribution in [-0.2, 0) is 6.54 Å². The first-order valence-corrected chi connectivity index (χ1v) is 6.48. The van der Waals surface area contributed by atoms with Gasteiger partial charge in [-0.15, -0.1) is 11.8 Å². The fourth-order valence-electron chi connectivity index (χ4n) is 1.52. The van der Waals surface area contributed by atoms with Crippen LogP contribution in [0.1, 0.15) is 6.92 Å². The highest BCUT2D eigenvalue weighted by molar-refractivity contribution is 7.98. The van der Waals surface area contributed by atoms with Gasteiger partial charge in [-0.05, 0) is 31.4 Å². The van der Waals surface area contributed by atoms with Crippen LogP contribution in [0.5, 0.6) is 0 Å². The van der Waals surface area contributed by atoms with Crippen molar-refractivity contribution in [2.45, 2.75) is 18.4 Å². The molecular weight excluding hydrogens is 218 g/mol. The molecule has 0 saturated carbocycles. The molecule has 0 spiro atoms. The number of nitrogens with one attached hydrogen (secondary N) is 1. The second-order valence-electron chi connectivity index (χ2n) is 3.39. The average Bonchev–Trinajstić information content (AvgIpc) is 2.76. The number of rotatable bonds is 4. The van der Waals surface area contributed by atoms with E-state index in [0.29, 0.717) is 0 Å². The van der Waals surface area contributed by atoms with E-state index in [0.717, 1.165) is 18.2 Å². The SMILES string of the molecule is CCn1ccnc1Nc1cccc(SC)c1. The molecule has 0 atom stereocenters. The maximum absolute atomic E-state index is 4.28. The quantitative estimate of drug-likeness (QED) is 0.821. The molecule has 3 nitrogen and oxygen atoms in total. The highest BCUT2D eigenvalue weighted by Crippen LogP contribution is 2.21. The van der Waals surface area contributed by atoms with E-state index in [2.05, 4.69) is 46.2 Å². The highest BCUT2D eigenvalue weighted by Gasteiger charge is 2.01. The first-order chi connectivity index (χ1) is 7.83. The van der Waals surface area contributed by atoms with Crippen molar-refractivity contribution < 1.29 is 0 Å².